The standard InChI is InChI=1S/C17H26N2O2/c1-12-6-7-15(19(20)21)14(8-12)18-13-9-16(2,3)11-17(4,5)10-13/h6-8,13,18H,9-11H2,1-5H3. The van der Waals surface area contributed by atoms with Gasteiger partial charge < -0.3 is 5.32 Å². The quantitative estimate of drug-likeness (QED) is 0.635. The van der Waals surface area contributed by atoms with Gasteiger partial charge in [-0.2, -0.15) is 0 Å². The highest BCUT2D eigenvalue weighted by Gasteiger charge is 2.38. The van der Waals surface area contributed by atoms with Crippen molar-refractivity contribution in [3.05, 3.63) is 33.9 Å². The zero-order chi connectivity index (χ0) is 15.8. The molecule has 0 atom stereocenters. The fourth-order valence-corrected chi connectivity index (χ4v) is 4.09. The third-order valence-electron chi connectivity index (χ3n) is 4.26. The number of rotatable bonds is 3. The van der Waals surface area contributed by atoms with Gasteiger partial charge in [-0.3, -0.25) is 10.1 Å². The van der Waals surface area contributed by atoms with Crippen molar-refractivity contribution in [2.75, 3.05) is 5.32 Å². The van der Waals surface area contributed by atoms with Gasteiger partial charge >= 0.3 is 0 Å². The molecule has 21 heavy (non-hydrogen) atoms. The van der Waals surface area contributed by atoms with Crippen LogP contribution in [0.3, 0.4) is 0 Å². The Kier molecular flexibility index (Phi) is 4.00. The zero-order valence-electron chi connectivity index (χ0n) is 13.7. The van der Waals surface area contributed by atoms with Gasteiger partial charge in [0.25, 0.3) is 5.69 Å². The summed E-state index contributed by atoms with van der Waals surface area (Å²) in [5, 5.41) is 14.6. The molecule has 0 aliphatic heterocycles. The first-order valence-corrected chi connectivity index (χ1v) is 7.60. The molecule has 0 radical (unpaired) electrons. The summed E-state index contributed by atoms with van der Waals surface area (Å²) in [4.78, 5) is 10.9. The smallest absolute Gasteiger partial charge is 0.292 e. The molecule has 1 fully saturated rings. The molecule has 0 unspecified atom stereocenters. The topological polar surface area (TPSA) is 55.2 Å². The van der Waals surface area contributed by atoms with E-state index >= 15 is 0 Å². The van der Waals surface area contributed by atoms with Crippen molar-refractivity contribution < 1.29 is 4.92 Å². The van der Waals surface area contributed by atoms with Crippen molar-refractivity contribution >= 4 is 11.4 Å². The molecule has 0 aromatic heterocycles. The highest BCUT2D eigenvalue weighted by Crippen LogP contribution is 2.46. The van der Waals surface area contributed by atoms with Crippen LogP contribution in [0.2, 0.25) is 0 Å². The van der Waals surface area contributed by atoms with E-state index in [1.54, 1.807) is 12.1 Å². The third kappa shape index (κ3) is 3.96. The average molecular weight is 290 g/mol. The number of nitrogens with zero attached hydrogens (tertiary/aromatic N) is 1. The predicted molar refractivity (Wildman–Crippen MR) is 86.7 cm³/mol. The first kappa shape index (κ1) is 15.8. The van der Waals surface area contributed by atoms with E-state index < -0.39 is 0 Å². The number of nitro groups is 1. The van der Waals surface area contributed by atoms with Crippen LogP contribution in [0.5, 0.6) is 0 Å². The Morgan fingerprint density at radius 3 is 2.29 bits per heavy atom. The molecule has 0 amide bonds. The molecule has 1 N–H and O–H groups in total. The number of anilines is 1. The van der Waals surface area contributed by atoms with Crippen molar-refractivity contribution in [2.24, 2.45) is 10.8 Å². The fraction of sp³-hybridized carbons (Fsp3) is 0.647. The van der Waals surface area contributed by atoms with E-state index in [1.165, 1.54) is 6.42 Å². The maximum absolute atomic E-state index is 11.2. The summed E-state index contributed by atoms with van der Waals surface area (Å²) in [5.74, 6) is 0. The normalized spacial score (nSPS) is 21.0. The van der Waals surface area contributed by atoms with Gasteiger partial charge in [-0.05, 0) is 48.6 Å². The maximum atomic E-state index is 11.2. The molecule has 1 aromatic rings. The number of hydrogen-bond acceptors (Lipinski definition) is 3. The monoisotopic (exact) mass is 290 g/mol. The summed E-state index contributed by atoms with van der Waals surface area (Å²) in [5.41, 5.74) is 2.38. The largest absolute Gasteiger partial charge is 0.377 e. The van der Waals surface area contributed by atoms with Gasteiger partial charge in [-0.1, -0.05) is 33.8 Å². The lowest BCUT2D eigenvalue weighted by Crippen LogP contribution is -2.40. The molecule has 1 aliphatic rings. The first-order chi connectivity index (χ1) is 9.58. The van der Waals surface area contributed by atoms with E-state index in [0.717, 1.165) is 18.4 Å². The van der Waals surface area contributed by atoms with Crippen LogP contribution < -0.4 is 5.32 Å². The van der Waals surface area contributed by atoms with Crippen LogP contribution in [0.1, 0.15) is 52.5 Å². The summed E-state index contributed by atoms with van der Waals surface area (Å²) >= 11 is 0. The lowest BCUT2D eigenvalue weighted by Gasteiger charge is -2.45. The summed E-state index contributed by atoms with van der Waals surface area (Å²) in [6.07, 6.45) is 3.27. The maximum Gasteiger partial charge on any atom is 0.292 e. The Hall–Kier alpha value is -1.58. The Morgan fingerprint density at radius 2 is 1.76 bits per heavy atom. The number of nitro benzene ring substituents is 1. The van der Waals surface area contributed by atoms with E-state index in [4.69, 9.17) is 0 Å². The molecule has 116 valence electrons. The highest BCUT2D eigenvalue weighted by molar-refractivity contribution is 5.63. The molecular weight excluding hydrogens is 264 g/mol. The Morgan fingerprint density at radius 1 is 1.19 bits per heavy atom. The molecule has 1 aliphatic carbocycles. The molecule has 0 saturated heterocycles. The van der Waals surface area contributed by atoms with Gasteiger partial charge in [0, 0.05) is 12.1 Å². The molecule has 4 heteroatoms. The summed E-state index contributed by atoms with van der Waals surface area (Å²) in [6.45, 7) is 11.1. The van der Waals surface area contributed by atoms with Gasteiger partial charge in [0.15, 0.2) is 0 Å². The van der Waals surface area contributed by atoms with E-state index in [1.807, 2.05) is 13.0 Å². The Labute approximate surface area is 127 Å². The zero-order valence-corrected chi connectivity index (χ0v) is 13.7. The van der Waals surface area contributed by atoms with Crippen molar-refractivity contribution in [1.82, 2.24) is 0 Å². The van der Waals surface area contributed by atoms with E-state index in [9.17, 15) is 10.1 Å². The first-order valence-electron chi connectivity index (χ1n) is 7.60. The molecule has 1 aromatic carbocycles. The molecule has 0 bridgehead atoms. The van der Waals surface area contributed by atoms with Gasteiger partial charge in [0.1, 0.15) is 5.69 Å². The SMILES string of the molecule is Cc1ccc([N+](=O)[O-])c(NC2CC(C)(C)CC(C)(C)C2)c1. The van der Waals surface area contributed by atoms with Crippen LogP contribution in [0.4, 0.5) is 11.4 Å². The van der Waals surface area contributed by atoms with Crippen LogP contribution >= 0.6 is 0 Å². The van der Waals surface area contributed by atoms with Crippen LogP contribution in [0.25, 0.3) is 0 Å². The van der Waals surface area contributed by atoms with Gasteiger partial charge in [-0.15, -0.1) is 0 Å². The van der Waals surface area contributed by atoms with Crippen LogP contribution in [-0.2, 0) is 0 Å². The van der Waals surface area contributed by atoms with Crippen LogP contribution in [0.15, 0.2) is 18.2 Å². The minimum Gasteiger partial charge on any atom is -0.377 e. The molecule has 4 nitrogen and oxygen atoms in total. The van der Waals surface area contributed by atoms with Crippen molar-refractivity contribution in [3.63, 3.8) is 0 Å². The number of aryl methyl sites for hydroxylation is 1. The summed E-state index contributed by atoms with van der Waals surface area (Å²) in [6, 6.07) is 5.55. The second-order valence-electron chi connectivity index (χ2n) is 8.03. The van der Waals surface area contributed by atoms with Crippen LogP contribution in [0, 0.1) is 27.9 Å². The van der Waals surface area contributed by atoms with Crippen molar-refractivity contribution in [2.45, 2.75) is 59.9 Å². The minimum absolute atomic E-state index is 0.168. The van der Waals surface area contributed by atoms with Crippen molar-refractivity contribution in [3.8, 4) is 0 Å². The second-order valence-corrected chi connectivity index (χ2v) is 8.03. The number of nitrogens with one attached hydrogen (secondary N) is 1. The van der Waals surface area contributed by atoms with Gasteiger partial charge in [0.05, 0.1) is 4.92 Å². The van der Waals surface area contributed by atoms with Crippen molar-refractivity contribution in [1.29, 1.82) is 0 Å². The molecule has 0 spiro atoms. The predicted octanol–water partition coefficient (Wildman–Crippen LogP) is 4.92. The van der Waals surface area contributed by atoms with E-state index in [-0.39, 0.29) is 27.5 Å². The van der Waals surface area contributed by atoms with E-state index in [0.29, 0.717) is 5.69 Å². The lowest BCUT2D eigenvalue weighted by molar-refractivity contribution is -0.384. The summed E-state index contributed by atoms with van der Waals surface area (Å²) < 4.78 is 0. The minimum atomic E-state index is -0.305. The molecule has 1 saturated carbocycles. The highest BCUT2D eigenvalue weighted by atomic mass is 16.6. The van der Waals surface area contributed by atoms with E-state index in [2.05, 4.69) is 33.0 Å². The van der Waals surface area contributed by atoms with Gasteiger partial charge in [-0.25, -0.2) is 0 Å². The van der Waals surface area contributed by atoms with Gasteiger partial charge in [0.2, 0.25) is 0 Å². The molecular formula is C17H26N2O2. The summed E-state index contributed by atoms with van der Waals surface area (Å²) in [7, 11) is 0. The van der Waals surface area contributed by atoms with Crippen LogP contribution in [-0.4, -0.2) is 11.0 Å². The fourth-order valence-electron chi connectivity index (χ4n) is 4.09. The number of benzene rings is 1. The Bertz CT molecular complexity index is 534. The molecule has 0 heterocycles. The number of hydrogen-bond donors (Lipinski definition) is 1. The Balaban J connectivity index is 2.25. The second kappa shape index (κ2) is 5.32. The third-order valence-corrected chi connectivity index (χ3v) is 4.26. The molecule has 2 rings (SSSR count). The lowest BCUT2D eigenvalue weighted by atomic mass is 9.63. The average Bonchev–Trinajstić information content (AvgIpc) is 2.23.